The van der Waals surface area contributed by atoms with Crippen molar-refractivity contribution < 1.29 is 4.79 Å². The number of aromatic amines is 1. The number of nitrogens with zero attached hydrogens (tertiary/aromatic N) is 6. The molecule has 23 heavy (non-hydrogen) atoms. The minimum atomic E-state index is -0.361. The van der Waals surface area contributed by atoms with Crippen LogP contribution in [0.1, 0.15) is 10.5 Å². The molecule has 0 unspecified atom stereocenters. The summed E-state index contributed by atoms with van der Waals surface area (Å²) in [6.45, 7) is 0. The van der Waals surface area contributed by atoms with Crippen molar-refractivity contribution in [1.82, 2.24) is 34.3 Å². The Labute approximate surface area is 130 Å². The monoisotopic (exact) mass is 308 g/mol. The topological polar surface area (TPSA) is 106 Å². The lowest BCUT2D eigenvalue weighted by molar-refractivity contribution is 0.102. The number of aryl methyl sites for hydroxylation is 1. The van der Waals surface area contributed by atoms with Gasteiger partial charge in [-0.25, -0.2) is 15.0 Å². The quantitative estimate of drug-likeness (QED) is 0.590. The van der Waals surface area contributed by atoms with Crippen molar-refractivity contribution in [2.24, 2.45) is 7.05 Å². The van der Waals surface area contributed by atoms with Crippen LogP contribution in [-0.4, -0.2) is 40.2 Å². The maximum absolute atomic E-state index is 12.6. The molecule has 9 nitrogen and oxygen atoms in total. The minimum absolute atomic E-state index is 0.245. The van der Waals surface area contributed by atoms with E-state index in [1.807, 2.05) is 0 Å². The summed E-state index contributed by atoms with van der Waals surface area (Å²) < 4.78 is 3.25. The Kier molecular flexibility index (Phi) is 2.90. The first-order valence-electron chi connectivity index (χ1n) is 6.85. The van der Waals surface area contributed by atoms with Gasteiger partial charge in [0, 0.05) is 37.9 Å². The smallest absolute Gasteiger partial charge is 0.277 e. The van der Waals surface area contributed by atoms with Crippen LogP contribution in [0.5, 0.6) is 0 Å². The SMILES string of the molecule is Cn1ccc(NC(=O)c2nc(-n3ccnc3)nc3cc[nH]c23)n1. The largest absolute Gasteiger partial charge is 0.358 e. The van der Waals surface area contributed by atoms with Crippen LogP contribution in [0, 0.1) is 0 Å². The number of aromatic nitrogens is 7. The predicted molar refractivity (Wildman–Crippen MR) is 82.2 cm³/mol. The fourth-order valence-electron chi connectivity index (χ4n) is 2.25. The Balaban J connectivity index is 1.78. The maximum Gasteiger partial charge on any atom is 0.277 e. The number of fused-ring (bicyclic) bond motifs is 1. The molecule has 0 aliphatic carbocycles. The third kappa shape index (κ3) is 2.33. The van der Waals surface area contributed by atoms with Crippen molar-refractivity contribution in [2.75, 3.05) is 5.32 Å². The second-order valence-corrected chi connectivity index (χ2v) is 4.91. The zero-order chi connectivity index (χ0) is 15.8. The van der Waals surface area contributed by atoms with Crippen LogP contribution in [0.3, 0.4) is 0 Å². The third-order valence-electron chi connectivity index (χ3n) is 3.30. The molecule has 114 valence electrons. The van der Waals surface area contributed by atoms with Gasteiger partial charge in [0.05, 0.1) is 11.0 Å². The average Bonchev–Trinajstić information content (AvgIpc) is 3.27. The van der Waals surface area contributed by atoms with E-state index in [2.05, 4.69) is 30.4 Å². The van der Waals surface area contributed by atoms with Gasteiger partial charge in [0.25, 0.3) is 5.91 Å². The molecule has 0 aliphatic rings. The molecule has 1 amide bonds. The van der Waals surface area contributed by atoms with Crippen molar-refractivity contribution >= 4 is 22.8 Å². The van der Waals surface area contributed by atoms with Gasteiger partial charge in [-0.1, -0.05) is 0 Å². The maximum atomic E-state index is 12.6. The number of imidazole rings is 1. The van der Waals surface area contributed by atoms with Gasteiger partial charge in [0.15, 0.2) is 11.5 Å². The number of hydrogen-bond acceptors (Lipinski definition) is 5. The van der Waals surface area contributed by atoms with E-state index >= 15 is 0 Å². The number of rotatable bonds is 3. The summed E-state index contributed by atoms with van der Waals surface area (Å²) in [5.41, 5.74) is 1.46. The Morgan fingerprint density at radius 2 is 2.17 bits per heavy atom. The van der Waals surface area contributed by atoms with E-state index in [9.17, 15) is 4.79 Å². The number of amides is 1. The summed E-state index contributed by atoms with van der Waals surface area (Å²) in [5, 5.41) is 6.86. The standard InChI is InChI=1S/C14H12N8O/c1-21-6-3-10(20-21)18-13(23)12-11-9(2-4-16-11)17-14(19-12)22-7-5-15-8-22/h2-8,16H,1H3,(H,18,20,23). The molecular weight excluding hydrogens is 296 g/mol. The minimum Gasteiger partial charge on any atom is -0.358 e. The van der Waals surface area contributed by atoms with Crippen LogP contribution < -0.4 is 5.32 Å². The predicted octanol–water partition coefficient (Wildman–Crippen LogP) is 1.13. The van der Waals surface area contributed by atoms with Crippen LogP contribution in [0.25, 0.3) is 17.0 Å². The van der Waals surface area contributed by atoms with Crippen LogP contribution >= 0.6 is 0 Å². The highest BCUT2D eigenvalue weighted by Gasteiger charge is 2.17. The first kappa shape index (κ1) is 13.2. The lowest BCUT2D eigenvalue weighted by atomic mass is 10.3. The van der Waals surface area contributed by atoms with Gasteiger partial charge < -0.3 is 10.3 Å². The number of nitrogens with one attached hydrogen (secondary N) is 2. The van der Waals surface area contributed by atoms with Crippen LogP contribution in [0.4, 0.5) is 5.82 Å². The number of hydrogen-bond donors (Lipinski definition) is 2. The fraction of sp³-hybridized carbons (Fsp3) is 0.0714. The van der Waals surface area contributed by atoms with Crippen molar-refractivity contribution in [3.05, 3.63) is 48.9 Å². The molecule has 0 aliphatic heterocycles. The number of carbonyl (C=O) groups excluding carboxylic acids is 1. The van der Waals surface area contributed by atoms with Gasteiger partial charge >= 0.3 is 0 Å². The van der Waals surface area contributed by atoms with E-state index < -0.39 is 0 Å². The molecule has 9 heteroatoms. The summed E-state index contributed by atoms with van der Waals surface area (Å²) in [4.78, 5) is 28.3. The van der Waals surface area contributed by atoms with Crippen molar-refractivity contribution in [3.8, 4) is 5.95 Å². The zero-order valence-corrected chi connectivity index (χ0v) is 12.1. The van der Waals surface area contributed by atoms with E-state index in [0.29, 0.717) is 22.8 Å². The third-order valence-corrected chi connectivity index (χ3v) is 3.30. The van der Waals surface area contributed by atoms with Crippen molar-refractivity contribution in [1.29, 1.82) is 0 Å². The van der Waals surface area contributed by atoms with E-state index in [1.165, 1.54) is 0 Å². The summed E-state index contributed by atoms with van der Waals surface area (Å²) >= 11 is 0. The van der Waals surface area contributed by atoms with E-state index in [1.54, 1.807) is 59.5 Å². The van der Waals surface area contributed by atoms with Crippen LogP contribution in [0.2, 0.25) is 0 Å². The Morgan fingerprint density at radius 1 is 1.26 bits per heavy atom. The van der Waals surface area contributed by atoms with Crippen LogP contribution in [-0.2, 0) is 7.05 Å². The molecule has 4 aromatic heterocycles. The number of carbonyl (C=O) groups is 1. The van der Waals surface area contributed by atoms with E-state index in [0.717, 1.165) is 0 Å². The summed E-state index contributed by atoms with van der Waals surface area (Å²) in [6.07, 6.45) is 8.38. The highest BCUT2D eigenvalue weighted by molar-refractivity contribution is 6.09. The number of anilines is 1. The second kappa shape index (κ2) is 5.05. The summed E-state index contributed by atoms with van der Waals surface area (Å²) in [7, 11) is 1.78. The first-order valence-corrected chi connectivity index (χ1v) is 6.85. The van der Waals surface area contributed by atoms with E-state index in [-0.39, 0.29) is 11.6 Å². The molecule has 0 saturated carbocycles. The highest BCUT2D eigenvalue weighted by atomic mass is 16.2. The Hall–Kier alpha value is -3.49. The van der Waals surface area contributed by atoms with Crippen molar-refractivity contribution in [3.63, 3.8) is 0 Å². The van der Waals surface area contributed by atoms with Gasteiger partial charge in [0.1, 0.15) is 6.33 Å². The highest BCUT2D eigenvalue weighted by Crippen LogP contribution is 2.17. The van der Waals surface area contributed by atoms with Gasteiger partial charge in [0.2, 0.25) is 5.95 Å². The molecule has 0 fully saturated rings. The molecule has 0 radical (unpaired) electrons. The average molecular weight is 308 g/mol. The summed E-state index contributed by atoms with van der Waals surface area (Å²) in [6, 6.07) is 3.50. The number of H-pyrrole nitrogens is 1. The van der Waals surface area contributed by atoms with Crippen molar-refractivity contribution in [2.45, 2.75) is 0 Å². The Bertz CT molecular complexity index is 981. The molecule has 4 heterocycles. The van der Waals surface area contributed by atoms with Gasteiger partial charge in [-0.3, -0.25) is 14.0 Å². The zero-order valence-electron chi connectivity index (χ0n) is 12.1. The Morgan fingerprint density at radius 3 is 2.91 bits per heavy atom. The van der Waals surface area contributed by atoms with Gasteiger partial charge in [-0.2, -0.15) is 5.10 Å². The van der Waals surface area contributed by atoms with Gasteiger partial charge in [-0.05, 0) is 6.07 Å². The molecule has 0 spiro atoms. The fourth-order valence-corrected chi connectivity index (χ4v) is 2.25. The second-order valence-electron chi connectivity index (χ2n) is 4.91. The molecular formula is C14H12N8O. The first-order chi connectivity index (χ1) is 11.2. The molecule has 2 N–H and O–H groups in total. The molecule has 0 atom stereocenters. The van der Waals surface area contributed by atoms with Crippen LogP contribution in [0.15, 0.2) is 43.2 Å². The molecule has 0 bridgehead atoms. The molecule has 4 rings (SSSR count). The molecule has 4 aromatic rings. The lowest BCUT2D eigenvalue weighted by Gasteiger charge is -2.06. The normalized spacial score (nSPS) is 11.0. The van der Waals surface area contributed by atoms with E-state index in [4.69, 9.17) is 0 Å². The van der Waals surface area contributed by atoms with Gasteiger partial charge in [-0.15, -0.1) is 0 Å². The molecule has 0 saturated heterocycles. The lowest BCUT2D eigenvalue weighted by Crippen LogP contribution is -2.16. The summed E-state index contributed by atoms with van der Waals surface area (Å²) in [5.74, 6) is 0.473. The molecule has 0 aromatic carbocycles.